The van der Waals surface area contributed by atoms with Gasteiger partial charge in [-0.3, -0.25) is 9.36 Å². The lowest BCUT2D eigenvalue weighted by Crippen LogP contribution is -2.31. The van der Waals surface area contributed by atoms with E-state index in [1.807, 2.05) is 0 Å². The number of halogens is 4. The number of hydrogen-bond donors (Lipinski definition) is 1. The molecule has 1 aliphatic rings. The summed E-state index contributed by atoms with van der Waals surface area (Å²) in [6.45, 7) is -1.12. The predicted molar refractivity (Wildman–Crippen MR) is 113 cm³/mol. The first-order chi connectivity index (χ1) is 15.6. The molecule has 33 heavy (non-hydrogen) atoms. The Labute approximate surface area is 191 Å². The largest absolute Gasteiger partial charge is 0.495 e. The number of aliphatic carboxylic acids is 1. The van der Waals surface area contributed by atoms with Crippen LogP contribution < -0.4 is 15.0 Å². The van der Waals surface area contributed by atoms with Crippen LogP contribution in [-0.2, 0) is 9.63 Å². The summed E-state index contributed by atoms with van der Waals surface area (Å²) in [6, 6.07) is 3.70. The monoisotopic (exact) mass is 488 g/mol. The summed E-state index contributed by atoms with van der Waals surface area (Å²) in [7, 11) is 1.28. The lowest BCUT2D eigenvalue weighted by Gasteiger charge is -2.21. The molecule has 1 aliphatic heterocycles. The Hall–Kier alpha value is -3.21. The Bertz CT molecular complexity index is 1120. The standard InChI is InChI=1S/C21H20ClF3N2O6/c1-31-18-10-27(16(20(29)30)8-13-3-2-6-33-26-13)19(28)9-15(18)14-7-12(22)4-5-17(14)32-11-21(23,24)25/h4-5,7,9-10,16H,2-3,6,8,11H2,1H3,(H,29,30). The zero-order valence-electron chi connectivity index (χ0n) is 17.4. The fraction of sp³-hybridized carbons (Fsp3) is 0.381. The number of benzene rings is 1. The van der Waals surface area contributed by atoms with Crippen molar-refractivity contribution >= 4 is 23.3 Å². The second-order valence-electron chi connectivity index (χ2n) is 7.20. The van der Waals surface area contributed by atoms with Crippen LogP contribution in [0.4, 0.5) is 13.2 Å². The second-order valence-corrected chi connectivity index (χ2v) is 7.63. The molecule has 178 valence electrons. The highest BCUT2D eigenvalue weighted by molar-refractivity contribution is 6.31. The number of pyridine rings is 1. The number of carbonyl (C=O) groups is 1. The first-order valence-electron chi connectivity index (χ1n) is 9.79. The van der Waals surface area contributed by atoms with Crippen molar-refractivity contribution in [2.75, 3.05) is 20.3 Å². The van der Waals surface area contributed by atoms with Crippen molar-refractivity contribution in [1.82, 2.24) is 4.57 Å². The number of hydrogen-bond acceptors (Lipinski definition) is 6. The summed E-state index contributed by atoms with van der Waals surface area (Å²) < 4.78 is 49.2. The van der Waals surface area contributed by atoms with Crippen LogP contribution in [0.5, 0.6) is 11.5 Å². The third-order valence-electron chi connectivity index (χ3n) is 4.83. The van der Waals surface area contributed by atoms with E-state index in [1.165, 1.54) is 31.5 Å². The predicted octanol–water partition coefficient (Wildman–Crippen LogP) is 4.30. The van der Waals surface area contributed by atoms with Crippen LogP contribution in [0.1, 0.15) is 25.3 Å². The number of carboxylic acid groups (broad SMARTS) is 1. The second kappa shape index (κ2) is 10.2. The van der Waals surface area contributed by atoms with Crippen molar-refractivity contribution in [2.24, 2.45) is 5.16 Å². The van der Waals surface area contributed by atoms with Crippen molar-refractivity contribution in [3.05, 3.63) is 45.8 Å². The summed E-state index contributed by atoms with van der Waals surface area (Å²) in [6.07, 6.45) is -2.23. The molecular weight excluding hydrogens is 469 g/mol. The van der Waals surface area contributed by atoms with Gasteiger partial charge in [0.05, 0.1) is 19.0 Å². The molecule has 1 aromatic carbocycles. The maximum atomic E-state index is 12.9. The van der Waals surface area contributed by atoms with E-state index < -0.39 is 30.4 Å². The number of carboxylic acids is 1. The van der Waals surface area contributed by atoms with Crippen molar-refractivity contribution in [1.29, 1.82) is 0 Å². The molecule has 2 aromatic rings. The van der Waals surface area contributed by atoms with E-state index in [0.29, 0.717) is 25.2 Å². The van der Waals surface area contributed by atoms with E-state index in [0.717, 1.165) is 10.6 Å². The molecule has 12 heteroatoms. The van der Waals surface area contributed by atoms with Gasteiger partial charge in [-0.1, -0.05) is 16.8 Å². The molecule has 1 atom stereocenters. The number of oxime groups is 1. The minimum absolute atomic E-state index is 0.0433. The van der Waals surface area contributed by atoms with Crippen LogP contribution in [0.3, 0.4) is 0 Å². The topological polar surface area (TPSA) is 99.4 Å². The fourth-order valence-corrected chi connectivity index (χ4v) is 3.51. The van der Waals surface area contributed by atoms with Gasteiger partial charge in [-0.15, -0.1) is 0 Å². The van der Waals surface area contributed by atoms with Crippen LogP contribution >= 0.6 is 11.6 Å². The summed E-state index contributed by atoms with van der Waals surface area (Å²) in [5.74, 6) is -1.39. The summed E-state index contributed by atoms with van der Waals surface area (Å²) in [4.78, 5) is 29.8. The quantitative estimate of drug-likeness (QED) is 0.594. The Morgan fingerprint density at radius 2 is 2.03 bits per heavy atom. The Balaban J connectivity index is 2.05. The third-order valence-corrected chi connectivity index (χ3v) is 5.07. The van der Waals surface area contributed by atoms with Gasteiger partial charge in [0.2, 0.25) is 0 Å². The number of rotatable bonds is 8. The molecule has 0 bridgehead atoms. The van der Waals surface area contributed by atoms with Gasteiger partial charge in [-0.25, -0.2) is 4.79 Å². The smallest absolute Gasteiger partial charge is 0.422 e. The molecule has 0 aliphatic carbocycles. The minimum Gasteiger partial charge on any atom is -0.495 e. The van der Waals surface area contributed by atoms with Gasteiger partial charge in [0, 0.05) is 28.6 Å². The molecule has 3 rings (SSSR count). The molecule has 0 saturated carbocycles. The van der Waals surface area contributed by atoms with E-state index in [1.54, 1.807) is 0 Å². The molecule has 8 nitrogen and oxygen atoms in total. The van der Waals surface area contributed by atoms with Gasteiger partial charge in [0.15, 0.2) is 6.61 Å². The van der Waals surface area contributed by atoms with Gasteiger partial charge < -0.3 is 19.4 Å². The van der Waals surface area contributed by atoms with Crippen molar-refractivity contribution < 1.29 is 37.4 Å². The minimum atomic E-state index is -4.58. The third kappa shape index (κ3) is 6.19. The SMILES string of the molecule is COc1cn(C(CC2=NOCCC2)C(=O)O)c(=O)cc1-c1cc(Cl)ccc1OCC(F)(F)F. The lowest BCUT2D eigenvalue weighted by atomic mass is 10.0. The van der Waals surface area contributed by atoms with Gasteiger partial charge >= 0.3 is 12.1 Å². The number of methoxy groups -OCH3 is 1. The van der Waals surface area contributed by atoms with E-state index in [4.69, 9.17) is 25.9 Å². The van der Waals surface area contributed by atoms with Crippen LogP contribution in [0.25, 0.3) is 11.1 Å². The van der Waals surface area contributed by atoms with E-state index in [2.05, 4.69) is 5.16 Å². The highest BCUT2D eigenvalue weighted by atomic mass is 35.5. The molecule has 2 heterocycles. The normalized spacial score (nSPS) is 14.8. The van der Waals surface area contributed by atoms with Crippen molar-refractivity contribution in [2.45, 2.75) is 31.5 Å². The zero-order chi connectivity index (χ0) is 24.2. The fourth-order valence-electron chi connectivity index (χ4n) is 3.33. The molecule has 1 aromatic heterocycles. The van der Waals surface area contributed by atoms with Gasteiger partial charge in [-0.2, -0.15) is 13.2 Å². The first-order valence-corrected chi connectivity index (χ1v) is 10.2. The lowest BCUT2D eigenvalue weighted by molar-refractivity contribution is -0.153. The molecule has 0 amide bonds. The van der Waals surface area contributed by atoms with Gasteiger partial charge in [-0.05, 0) is 31.0 Å². The number of alkyl halides is 3. The van der Waals surface area contributed by atoms with Gasteiger partial charge in [0.25, 0.3) is 5.56 Å². The van der Waals surface area contributed by atoms with Crippen LogP contribution in [-0.4, -0.2) is 47.9 Å². The maximum absolute atomic E-state index is 12.9. The summed E-state index contributed by atoms with van der Waals surface area (Å²) >= 11 is 6.02. The number of aromatic nitrogens is 1. The maximum Gasteiger partial charge on any atom is 0.422 e. The van der Waals surface area contributed by atoms with E-state index >= 15 is 0 Å². The Morgan fingerprint density at radius 1 is 1.30 bits per heavy atom. The molecule has 0 spiro atoms. The number of nitrogens with zero attached hydrogens (tertiary/aromatic N) is 2. The van der Waals surface area contributed by atoms with Crippen LogP contribution in [0.2, 0.25) is 5.02 Å². The molecule has 0 radical (unpaired) electrons. The Morgan fingerprint density at radius 3 is 2.64 bits per heavy atom. The van der Waals surface area contributed by atoms with Crippen LogP contribution in [0.15, 0.2) is 40.4 Å². The molecule has 0 fully saturated rings. The Kier molecular flexibility index (Phi) is 7.52. The van der Waals surface area contributed by atoms with E-state index in [-0.39, 0.29) is 34.1 Å². The average Bonchev–Trinajstić information content (AvgIpc) is 2.76. The highest BCUT2D eigenvalue weighted by Gasteiger charge is 2.30. The molecular formula is C21H20ClF3N2O6. The summed E-state index contributed by atoms with van der Waals surface area (Å²) in [5.41, 5.74) is -0.0239. The van der Waals surface area contributed by atoms with Crippen molar-refractivity contribution in [3.63, 3.8) is 0 Å². The molecule has 1 unspecified atom stereocenters. The average molecular weight is 489 g/mol. The van der Waals surface area contributed by atoms with Crippen molar-refractivity contribution in [3.8, 4) is 22.6 Å². The zero-order valence-corrected chi connectivity index (χ0v) is 18.2. The van der Waals surface area contributed by atoms with Crippen LogP contribution in [0, 0.1) is 0 Å². The molecule has 0 saturated heterocycles. The van der Waals surface area contributed by atoms with Gasteiger partial charge in [0.1, 0.15) is 24.1 Å². The number of ether oxygens (including phenoxy) is 2. The first kappa shape index (κ1) is 24.4. The summed E-state index contributed by atoms with van der Waals surface area (Å²) in [5, 5.41) is 13.8. The van der Waals surface area contributed by atoms with E-state index in [9.17, 15) is 27.9 Å². The highest BCUT2D eigenvalue weighted by Crippen LogP contribution is 2.38. The molecule has 1 N–H and O–H groups in total.